The maximum Gasteiger partial charge on any atom is 0.255 e. The van der Waals surface area contributed by atoms with Crippen molar-refractivity contribution in [1.29, 1.82) is 0 Å². The van der Waals surface area contributed by atoms with Gasteiger partial charge < -0.3 is 25.4 Å². The number of tetrazole rings is 1. The maximum atomic E-state index is 13.8. The first-order valence-corrected chi connectivity index (χ1v) is 16.7. The van der Waals surface area contributed by atoms with Crippen LogP contribution in [0.2, 0.25) is 0 Å². The first-order chi connectivity index (χ1) is 23.2. The number of amides is 1. The third kappa shape index (κ3) is 6.33. The molecule has 0 aliphatic carbocycles. The number of aromatic amines is 1. The van der Waals surface area contributed by atoms with Gasteiger partial charge in [0.25, 0.3) is 5.91 Å². The van der Waals surface area contributed by atoms with Gasteiger partial charge >= 0.3 is 0 Å². The molecule has 4 aromatic carbocycles. The Morgan fingerprint density at radius 1 is 0.787 bits per heavy atom. The van der Waals surface area contributed by atoms with Gasteiger partial charge in [-0.1, -0.05) is 30.3 Å². The second-order valence-electron chi connectivity index (χ2n) is 11.8. The first kappa shape index (κ1) is 29.3. The van der Waals surface area contributed by atoms with Crippen LogP contribution in [0.4, 0.5) is 5.69 Å². The monoisotopic (exact) mass is 643 g/mol. The molecule has 11 heteroatoms. The van der Waals surface area contributed by atoms with E-state index in [1.807, 2.05) is 60.7 Å². The van der Waals surface area contributed by atoms with Crippen molar-refractivity contribution in [2.75, 3.05) is 31.5 Å². The number of benzene rings is 4. The van der Waals surface area contributed by atoms with Crippen LogP contribution in [-0.2, 0) is 0 Å². The van der Waals surface area contributed by atoms with E-state index in [0.717, 1.165) is 78.3 Å². The highest BCUT2D eigenvalue weighted by atomic mass is 32.1. The molecule has 1 amide bonds. The number of nitrogens with one attached hydrogen (secondary N) is 4. The summed E-state index contributed by atoms with van der Waals surface area (Å²) in [6.45, 7) is 3.46. The number of fused-ring (bicyclic) bond motifs is 1. The van der Waals surface area contributed by atoms with Gasteiger partial charge in [-0.2, -0.15) is 5.21 Å². The van der Waals surface area contributed by atoms with E-state index in [0.29, 0.717) is 17.1 Å². The van der Waals surface area contributed by atoms with Crippen LogP contribution in [0, 0.1) is 0 Å². The van der Waals surface area contributed by atoms with Crippen LogP contribution in [0.15, 0.2) is 90.3 Å². The van der Waals surface area contributed by atoms with Crippen LogP contribution in [0.3, 0.4) is 0 Å². The van der Waals surface area contributed by atoms with Gasteiger partial charge in [0.15, 0.2) is 0 Å². The molecule has 10 nitrogen and oxygen atoms in total. The zero-order chi connectivity index (χ0) is 31.6. The fraction of sp³-hybridized carbons (Fsp3) is 0.222. The Morgan fingerprint density at radius 3 is 2.28 bits per heavy atom. The fourth-order valence-electron chi connectivity index (χ4n) is 6.19. The highest BCUT2D eigenvalue weighted by molar-refractivity contribution is 7.17. The SMILES string of the molecule is O=C(Nc1ccc(O[C@@H]2CCNC2)c(-c2cccc(-c3nn[nH]n3)c2)c1)c1ccc(O[C@H]2CCNC2)c(-c2ccc3ccsc3c2)c1. The Kier molecular flexibility index (Phi) is 8.08. The summed E-state index contributed by atoms with van der Waals surface area (Å²) in [5, 5.41) is 27.7. The first-order valence-electron chi connectivity index (χ1n) is 15.8. The number of carbonyl (C=O) groups is 1. The average molecular weight is 644 g/mol. The molecule has 0 radical (unpaired) electrons. The van der Waals surface area contributed by atoms with Gasteiger partial charge in [0.2, 0.25) is 5.82 Å². The standard InChI is InChI=1S/C36H33N7O3S/c44-36(26-6-8-32(45-28-10-13-37-20-28)30(17-26)24-5-4-22-12-15-47-34(22)18-24)39-27-7-9-33(46-29-11-14-38-21-29)31(19-27)23-2-1-3-25(16-23)35-40-42-43-41-35/h1-9,12,15-19,28-29,37-38H,10-11,13-14,20-21H2,(H,39,44)(H,40,41,42,43)/t28-,29+/m0/s1. The molecule has 2 fully saturated rings. The summed E-state index contributed by atoms with van der Waals surface area (Å²) >= 11 is 1.70. The van der Waals surface area contributed by atoms with Crippen molar-refractivity contribution in [1.82, 2.24) is 31.3 Å². The van der Waals surface area contributed by atoms with Crippen molar-refractivity contribution in [3.05, 3.63) is 95.9 Å². The topological polar surface area (TPSA) is 126 Å². The molecule has 6 aromatic rings. The number of nitrogens with zero attached hydrogens (tertiary/aromatic N) is 3. The highest BCUT2D eigenvalue weighted by Crippen LogP contribution is 2.37. The second-order valence-corrected chi connectivity index (χ2v) is 12.8. The zero-order valence-corrected chi connectivity index (χ0v) is 26.3. The summed E-state index contributed by atoms with van der Waals surface area (Å²) in [5.41, 5.74) is 5.71. The van der Waals surface area contributed by atoms with E-state index < -0.39 is 0 Å². The number of rotatable bonds is 9. The summed E-state index contributed by atoms with van der Waals surface area (Å²) in [4.78, 5) is 13.8. The molecule has 0 bridgehead atoms. The predicted molar refractivity (Wildman–Crippen MR) is 184 cm³/mol. The van der Waals surface area contributed by atoms with E-state index in [4.69, 9.17) is 9.47 Å². The normalized spacial score (nSPS) is 17.6. The predicted octanol–water partition coefficient (Wildman–Crippen LogP) is 6.15. The van der Waals surface area contributed by atoms with Crippen molar-refractivity contribution in [2.45, 2.75) is 25.0 Å². The van der Waals surface area contributed by atoms with Gasteiger partial charge in [0, 0.05) is 45.7 Å². The summed E-state index contributed by atoms with van der Waals surface area (Å²) < 4.78 is 14.1. The van der Waals surface area contributed by atoms with E-state index >= 15 is 0 Å². The third-order valence-electron chi connectivity index (χ3n) is 8.64. The lowest BCUT2D eigenvalue weighted by Crippen LogP contribution is -2.20. The Hall–Kier alpha value is -5.10. The Bertz CT molecular complexity index is 2030. The molecule has 2 aliphatic heterocycles. The molecule has 8 rings (SSSR count). The van der Waals surface area contributed by atoms with Crippen molar-refractivity contribution in [3.8, 4) is 45.1 Å². The van der Waals surface area contributed by atoms with E-state index in [9.17, 15) is 4.79 Å². The van der Waals surface area contributed by atoms with Crippen LogP contribution in [0.5, 0.6) is 11.5 Å². The van der Waals surface area contributed by atoms with E-state index in [-0.39, 0.29) is 18.1 Å². The van der Waals surface area contributed by atoms with E-state index in [1.165, 1.54) is 10.1 Å². The maximum absolute atomic E-state index is 13.8. The molecule has 2 aliphatic rings. The second kappa shape index (κ2) is 13.0. The number of hydrogen-bond acceptors (Lipinski definition) is 9. The molecule has 2 aromatic heterocycles. The van der Waals surface area contributed by atoms with Crippen LogP contribution in [0.1, 0.15) is 23.2 Å². The number of hydrogen-bond donors (Lipinski definition) is 4. The van der Waals surface area contributed by atoms with Crippen LogP contribution in [-0.4, -0.2) is 64.9 Å². The number of carbonyl (C=O) groups excluding carboxylic acids is 1. The summed E-state index contributed by atoms with van der Waals surface area (Å²) in [7, 11) is 0. The number of anilines is 1. The van der Waals surface area contributed by atoms with Gasteiger partial charge in [0.05, 0.1) is 0 Å². The number of thiophene rings is 1. The van der Waals surface area contributed by atoms with Crippen LogP contribution in [0.25, 0.3) is 43.7 Å². The van der Waals surface area contributed by atoms with Crippen molar-refractivity contribution in [3.63, 3.8) is 0 Å². The molecule has 4 heterocycles. The largest absolute Gasteiger partial charge is 0.488 e. The summed E-state index contributed by atoms with van der Waals surface area (Å²) in [6.07, 6.45) is 2.04. The van der Waals surface area contributed by atoms with E-state index in [1.54, 1.807) is 11.3 Å². The smallest absolute Gasteiger partial charge is 0.255 e. The highest BCUT2D eigenvalue weighted by Gasteiger charge is 2.22. The Labute approximate surface area is 275 Å². The van der Waals surface area contributed by atoms with Gasteiger partial charge in [-0.15, -0.1) is 21.5 Å². The van der Waals surface area contributed by atoms with Crippen LogP contribution >= 0.6 is 11.3 Å². The van der Waals surface area contributed by atoms with Crippen molar-refractivity contribution in [2.24, 2.45) is 0 Å². The summed E-state index contributed by atoms with van der Waals surface area (Å²) in [5.74, 6) is 1.82. The van der Waals surface area contributed by atoms with E-state index in [2.05, 4.69) is 66.2 Å². The molecule has 0 spiro atoms. The molecular formula is C36H33N7O3S. The average Bonchev–Trinajstić information content (AvgIpc) is 3.94. The molecule has 0 unspecified atom stereocenters. The van der Waals surface area contributed by atoms with Crippen molar-refractivity contribution < 1.29 is 14.3 Å². The molecule has 2 atom stereocenters. The van der Waals surface area contributed by atoms with Gasteiger partial charge in [-0.3, -0.25) is 4.79 Å². The quantitative estimate of drug-likeness (QED) is 0.148. The number of ether oxygens (including phenoxy) is 2. The Morgan fingerprint density at radius 2 is 1.53 bits per heavy atom. The molecule has 4 N–H and O–H groups in total. The number of H-pyrrole nitrogens is 1. The number of aromatic nitrogens is 4. The zero-order valence-electron chi connectivity index (χ0n) is 25.5. The van der Waals surface area contributed by atoms with Crippen LogP contribution < -0.4 is 25.4 Å². The molecule has 236 valence electrons. The van der Waals surface area contributed by atoms with Gasteiger partial charge in [-0.25, -0.2) is 0 Å². The lowest BCUT2D eigenvalue weighted by Gasteiger charge is -2.19. The van der Waals surface area contributed by atoms with Gasteiger partial charge in [0.1, 0.15) is 23.7 Å². The molecular weight excluding hydrogens is 611 g/mol. The lowest BCUT2D eigenvalue weighted by atomic mass is 10.00. The minimum Gasteiger partial charge on any atom is -0.488 e. The molecule has 2 saturated heterocycles. The summed E-state index contributed by atoms with van der Waals surface area (Å²) in [6, 6.07) is 27.9. The fourth-order valence-corrected chi connectivity index (χ4v) is 7.02. The minimum atomic E-state index is -0.210. The Balaban J connectivity index is 1.12. The molecule has 47 heavy (non-hydrogen) atoms. The minimum absolute atomic E-state index is 0.0714. The van der Waals surface area contributed by atoms with Crippen molar-refractivity contribution >= 4 is 33.0 Å². The molecule has 0 saturated carbocycles. The van der Waals surface area contributed by atoms with Gasteiger partial charge in [-0.05, 0) is 108 Å². The lowest BCUT2D eigenvalue weighted by molar-refractivity contribution is 0.102. The third-order valence-corrected chi connectivity index (χ3v) is 9.52.